The van der Waals surface area contributed by atoms with E-state index >= 15 is 0 Å². The molecule has 0 aliphatic carbocycles. The Morgan fingerprint density at radius 3 is 2.83 bits per heavy atom. The summed E-state index contributed by atoms with van der Waals surface area (Å²) >= 11 is 1.39. The van der Waals surface area contributed by atoms with Crippen LogP contribution >= 0.6 is 11.8 Å². The fourth-order valence-corrected chi connectivity index (χ4v) is 4.37. The highest BCUT2D eigenvalue weighted by atomic mass is 32.2. The number of carbonyl (C=O) groups excluding carboxylic acids is 1. The van der Waals surface area contributed by atoms with Gasteiger partial charge in [-0.3, -0.25) is 9.36 Å². The molecule has 1 aliphatic heterocycles. The number of benzene rings is 1. The van der Waals surface area contributed by atoms with Gasteiger partial charge in [0.15, 0.2) is 11.0 Å². The predicted molar refractivity (Wildman–Crippen MR) is 115 cm³/mol. The van der Waals surface area contributed by atoms with Crippen molar-refractivity contribution in [3.05, 3.63) is 54.0 Å². The van der Waals surface area contributed by atoms with Crippen LogP contribution in [0.4, 0.5) is 0 Å². The summed E-state index contributed by atoms with van der Waals surface area (Å²) in [5.41, 5.74) is 1.99. The Morgan fingerprint density at radius 1 is 1.30 bits per heavy atom. The van der Waals surface area contributed by atoms with Crippen LogP contribution in [0, 0.1) is 6.92 Å². The Labute approximate surface area is 180 Å². The molecule has 7 nitrogen and oxygen atoms in total. The Morgan fingerprint density at radius 2 is 2.13 bits per heavy atom. The molecule has 8 heteroatoms. The molecule has 30 heavy (non-hydrogen) atoms. The van der Waals surface area contributed by atoms with Gasteiger partial charge in [0.05, 0.1) is 36.3 Å². The normalized spacial score (nSPS) is 17.2. The summed E-state index contributed by atoms with van der Waals surface area (Å²) in [5, 5.41) is 12.5. The van der Waals surface area contributed by atoms with Crippen molar-refractivity contribution in [2.75, 3.05) is 12.4 Å². The number of ether oxygens (including phenoxy) is 1. The zero-order valence-electron chi connectivity index (χ0n) is 17.2. The number of nitrogens with zero attached hydrogens (tertiary/aromatic N) is 3. The van der Waals surface area contributed by atoms with Crippen molar-refractivity contribution in [2.45, 2.75) is 50.5 Å². The van der Waals surface area contributed by atoms with Gasteiger partial charge in [-0.1, -0.05) is 42.1 Å². The minimum Gasteiger partial charge on any atom is -0.469 e. The molecule has 1 aliphatic rings. The largest absolute Gasteiger partial charge is 0.469 e. The first-order chi connectivity index (χ1) is 14.6. The molecular formula is C22H26N4O3S. The van der Waals surface area contributed by atoms with Gasteiger partial charge in [-0.25, -0.2) is 0 Å². The lowest BCUT2D eigenvalue weighted by atomic mass is 10.1. The van der Waals surface area contributed by atoms with Gasteiger partial charge in [-0.2, -0.15) is 0 Å². The number of furan rings is 1. The van der Waals surface area contributed by atoms with Crippen LogP contribution < -0.4 is 5.32 Å². The van der Waals surface area contributed by atoms with E-state index in [2.05, 4.69) is 15.5 Å². The molecule has 1 amide bonds. The van der Waals surface area contributed by atoms with Crippen molar-refractivity contribution in [3.63, 3.8) is 0 Å². The van der Waals surface area contributed by atoms with E-state index in [1.54, 1.807) is 6.26 Å². The van der Waals surface area contributed by atoms with Crippen LogP contribution in [0.1, 0.15) is 37.1 Å². The first kappa shape index (κ1) is 20.7. The monoisotopic (exact) mass is 426 g/mol. The molecule has 3 heterocycles. The standard InChI is InChI=1S/C22H26N4O3S/c1-15(17-7-4-3-5-8-17)23-20(27)14-30-22-25-24-21(19-10-12-28-16(19)2)26(22)13-18-9-6-11-29-18/h3-5,7-8,10,12,15,18H,6,9,11,13-14H2,1-2H3,(H,23,27). The molecule has 158 valence electrons. The molecular weight excluding hydrogens is 400 g/mol. The highest BCUT2D eigenvalue weighted by Crippen LogP contribution is 2.29. The molecule has 1 saturated heterocycles. The summed E-state index contributed by atoms with van der Waals surface area (Å²) in [7, 11) is 0. The molecule has 1 N–H and O–H groups in total. The second kappa shape index (κ2) is 9.49. The van der Waals surface area contributed by atoms with Crippen LogP contribution in [0.15, 0.2) is 52.2 Å². The third-order valence-electron chi connectivity index (χ3n) is 5.24. The molecule has 1 aromatic carbocycles. The summed E-state index contributed by atoms with van der Waals surface area (Å²) in [4.78, 5) is 12.5. The maximum atomic E-state index is 12.5. The lowest BCUT2D eigenvalue weighted by Gasteiger charge is -2.15. The van der Waals surface area contributed by atoms with Crippen molar-refractivity contribution in [1.82, 2.24) is 20.1 Å². The number of aromatic nitrogens is 3. The van der Waals surface area contributed by atoms with Gasteiger partial charge in [0.1, 0.15) is 5.76 Å². The number of rotatable bonds is 8. The van der Waals surface area contributed by atoms with Gasteiger partial charge in [0.25, 0.3) is 0 Å². The Hall–Kier alpha value is -2.58. The maximum Gasteiger partial charge on any atom is 0.230 e. The van der Waals surface area contributed by atoms with E-state index in [0.717, 1.165) is 42.2 Å². The number of hydrogen-bond acceptors (Lipinski definition) is 6. The zero-order valence-corrected chi connectivity index (χ0v) is 18.0. The molecule has 0 spiro atoms. The topological polar surface area (TPSA) is 82.2 Å². The van der Waals surface area contributed by atoms with Crippen LogP contribution in [0.3, 0.4) is 0 Å². The van der Waals surface area contributed by atoms with Gasteiger partial charge in [0, 0.05) is 6.61 Å². The Balaban J connectivity index is 1.46. The average Bonchev–Trinajstić information content (AvgIpc) is 3.49. The van der Waals surface area contributed by atoms with Crippen molar-refractivity contribution >= 4 is 17.7 Å². The minimum absolute atomic E-state index is 0.0379. The smallest absolute Gasteiger partial charge is 0.230 e. The summed E-state index contributed by atoms with van der Waals surface area (Å²) in [6.07, 6.45) is 3.87. The quantitative estimate of drug-likeness (QED) is 0.549. The molecule has 4 rings (SSSR count). The number of aryl methyl sites for hydroxylation is 1. The second-order valence-corrected chi connectivity index (χ2v) is 8.37. The number of carbonyl (C=O) groups is 1. The minimum atomic E-state index is -0.0480. The van der Waals surface area contributed by atoms with Crippen LogP contribution in [0.25, 0.3) is 11.4 Å². The highest BCUT2D eigenvalue weighted by molar-refractivity contribution is 7.99. The first-order valence-corrected chi connectivity index (χ1v) is 11.2. The van der Waals surface area contributed by atoms with E-state index in [1.807, 2.05) is 54.8 Å². The summed E-state index contributed by atoms with van der Waals surface area (Å²) in [6.45, 7) is 5.34. The van der Waals surface area contributed by atoms with Crippen LogP contribution in [0.5, 0.6) is 0 Å². The SMILES string of the molecule is Cc1occc1-c1nnc(SCC(=O)NC(C)c2ccccc2)n1CC1CCCO1. The number of nitrogens with one attached hydrogen (secondary N) is 1. The van der Waals surface area contributed by atoms with Crippen molar-refractivity contribution in [2.24, 2.45) is 0 Å². The maximum absolute atomic E-state index is 12.5. The van der Waals surface area contributed by atoms with Crippen molar-refractivity contribution < 1.29 is 13.9 Å². The fraction of sp³-hybridized carbons (Fsp3) is 0.409. The molecule has 0 bridgehead atoms. The van der Waals surface area contributed by atoms with Gasteiger partial charge in [-0.15, -0.1) is 10.2 Å². The van der Waals surface area contributed by atoms with E-state index in [9.17, 15) is 4.79 Å². The van der Waals surface area contributed by atoms with E-state index < -0.39 is 0 Å². The summed E-state index contributed by atoms with van der Waals surface area (Å²) in [6, 6.07) is 11.8. The molecule has 3 aromatic rings. The van der Waals surface area contributed by atoms with E-state index in [4.69, 9.17) is 9.15 Å². The lowest BCUT2D eigenvalue weighted by Crippen LogP contribution is -2.28. The number of hydrogen-bond donors (Lipinski definition) is 1. The van der Waals surface area contributed by atoms with E-state index in [-0.39, 0.29) is 23.8 Å². The van der Waals surface area contributed by atoms with Crippen LogP contribution in [0.2, 0.25) is 0 Å². The number of amides is 1. The van der Waals surface area contributed by atoms with E-state index in [0.29, 0.717) is 11.7 Å². The third kappa shape index (κ3) is 4.76. The molecule has 2 unspecified atom stereocenters. The average molecular weight is 427 g/mol. The molecule has 2 atom stereocenters. The molecule has 1 fully saturated rings. The molecule has 0 saturated carbocycles. The first-order valence-electron chi connectivity index (χ1n) is 10.2. The van der Waals surface area contributed by atoms with E-state index in [1.165, 1.54) is 11.8 Å². The lowest BCUT2D eigenvalue weighted by molar-refractivity contribution is -0.119. The van der Waals surface area contributed by atoms with Crippen LogP contribution in [-0.2, 0) is 16.1 Å². The third-order valence-corrected chi connectivity index (χ3v) is 6.20. The highest BCUT2D eigenvalue weighted by Gasteiger charge is 2.23. The molecule has 2 aromatic heterocycles. The zero-order chi connectivity index (χ0) is 20.9. The Kier molecular flexibility index (Phi) is 6.54. The Bertz CT molecular complexity index is 979. The number of thioether (sulfide) groups is 1. The van der Waals surface area contributed by atoms with Crippen molar-refractivity contribution in [1.29, 1.82) is 0 Å². The molecule has 0 radical (unpaired) electrons. The van der Waals surface area contributed by atoms with Crippen molar-refractivity contribution in [3.8, 4) is 11.4 Å². The van der Waals surface area contributed by atoms with Gasteiger partial charge in [-0.05, 0) is 38.3 Å². The fourth-order valence-electron chi connectivity index (χ4n) is 3.61. The van der Waals surface area contributed by atoms with Gasteiger partial charge >= 0.3 is 0 Å². The second-order valence-electron chi connectivity index (χ2n) is 7.43. The predicted octanol–water partition coefficient (Wildman–Crippen LogP) is 4.00. The van der Waals surface area contributed by atoms with Crippen LogP contribution in [-0.4, -0.2) is 39.1 Å². The summed E-state index contributed by atoms with van der Waals surface area (Å²) in [5.74, 6) is 1.77. The van der Waals surface area contributed by atoms with Gasteiger partial charge < -0.3 is 14.5 Å². The summed E-state index contributed by atoms with van der Waals surface area (Å²) < 4.78 is 13.3. The van der Waals surface area contributed by atoms with Gasteiger partial charge in [0.2, 0.25) is 5.91 Å².